The van der Waals surface area contributed by atoms with Gasteiger partial charge in [0.15, 0.2) is 17.2 Å². The fourth-order valence-electron chi connectivity index (χ4n) is 3.11. The van der Waals surface area contributed by atoms with Crippen LogP contribution in [0.5, 0.6) is 0 Å². The van der Waals surface area contributed by atoms with Gasteiger partial charge in [0.1, 0.15) is 5.82 Å². The molecule has 0 saturated heterocycles. The minimum absolute atomic E-state index is 0.0217. The Bertz CT molecular complexity index is 1090. The zero-order valence-electron chi connectivity index (χ0n) is 13.6. The quantitative estimate of drug-likeness (QED) is 0.780. The Morgan fingerprint density at radius 1 is 1.12 bits per heavy atom. The summed E-state index contributed by atoms with van der Waals surface area (Å²) in [6.07, 6.45) is 1.45. The molecule has 2 aliphatic rings. The number of rotatable bonds is 2. The molecular weight excluding hydrogens is 338 g/mol. The number of benzene rings is 2. The largest absolute Gasteiger partial charge is 0.315 e. The number of allylic oxidation sites excluding steroid dienone is 1. The molecule has 5 nitrogen and oxygen atoms in total. The second-order valence-corrected chi connectivity index (χ2v) is 5.92. The molecule has 2 heterocycles. The molecule has 0 bridgehead atoms. The topological polar surface area (TPSA) is 65.6 Å². The third-order valence-corrected chi connectivity index (χ3v) is 4.40. The van der Waals surface area contributed by atoms with E-state index in [1.54, 1.807) is 31.2 Å². The molecule has 0 aromatic heterocycles. The number of nitriles is 1. The number of Topliss-reactive ketones (excluding diaryl/α,β-unsaturated/α-hetero) is 1. The van der Waals surface area contributed by atoms with E-state index in [4.69, 9.17) is 5.26 Å². The fraction of sp³-hybridized carbons (Fsp3) is 0.0526. The highest BCUT2D eigenvalue weighted by Gasteiger charge is 2.56. The van der Waals surface area contributed by atoms with Crippen molar-refractivity contribution in [1.82, 2.24) is 4.59 Å². The van der Waals surface area contributed by atoms with Crippen molar-refractivity contribution in [2.75, 3.05) is 0 Å². The highest BCUT2D eigenvalue weighted by molar-refractivity contribution is 6.73. The van der Waals surface area contributed by atoms with E-state index in [0.29, 0.717) is 16.8 Å². The number of fused-ring (bicyclic) bond motifs is 1. The predicted octanol–water partition coefficient (Wildman–Crippen LogP) is 3.40. The Balaban J connectivity index is 1.93. The average Bonchev–Trinajstić information content (AvgIpc) is 3.11. The molecule has 1 unspecified atom stereocenters. The second kappa shape index (κ2) is 5.51. The van der Waals surface area contributed by atoms with Gasteiger partial charge in [-0.2, -0.15) is 10.3 Å². The second-order valence-electron chi connectivity index (χ2n) is 5.92. The van der Waals surface area contributed by atoms with Crippen LogP contribution in [-0.2, 0) is 4.79 Å². The lowest BCUT2D eigenvalue weighted by Crippen LogP contribution is -2.45. The van der Waals surface area contributed by atoms with Crippen LogP contribution >= 0.6 is 0 Å². The summed E-state index contributed by atoms with van der Waals surface area (Å²) in [6.45, 7) is 1.68. The monoisotopic (exact) mass is 349 g/mol. The van der Waals surface area contributed by atoms with Gasteiger partial charge in [0.25, 0.3) is 5.78 Å². The molecule has 7 heteroatoms. The first-order valence-corrected chi connectivity index (χ1v) is 7.73. The third kappa shape index (κ3) is 2.06. The number of hydrogen-bond donors (Lipinski definition) is 0. The number of halogens is 2. The maximum absolute atomic E-state index is 14.5. The van der Waals surface area contributed by atoms with Gasteiger partial charge in [-0.3, -0.25) is 4.79 Å². The van der Waals surface area contributed by atoms with Crippen LogP contribution in [0.15, 0.2) is 64.5 Å². The summed E-state index contributed by atoms with van der Waals surface area (Å²) in [6, 6.07) is 11.5. The highest BCUT2D eigenvalue weighted by Crippen LogP contribution is 2.40. The first-order valence-electron chi connectivity index (χ1n) is 7.73. The van der Waals surface area contributed by atoms with E-state index < -0.39 is 22.0 Å². The van der Waals surface area contributed by atoms with Gasteiger partial charge in [0, 0.05) is 24.6 Å². The zero-order chi connectivity index (χ0) is 18.5. The summed E-state index contributed by atoms with van der Waals surface area (Å²) in [5.41, 5.74) is 1.60. The Kier molecular flexibility index (Phi) is 3.39. The molecule has 0 saturated carbocycles. The van der Waals surface area contributed by atoms with Crippen molar-refractivity contribution in [3.05, 3.63) is 77.1 Å². The molecule has 4 rings (SSSR count). The van der Waals surface area contributed by atoms with Crippen molar-refractivity contribution in [2.45, 2.75) is 6.92 Å². The van der Waals surface area contributed by atoms with E-state index in [9.17, 15) is 13.6 Å². The molecule has 26 heavy (non-hydrogen) atoms. The Hall–Kier alpha value is -3.50. The van der Waals surface area contributed by atoms with Gasteiger partial charge in [-0.1, -0.05) is 21.8 Å². The Labute approximate surface area is 147 Å². The first-order chi connectivity index (χ1) is 12.5. The van der Waals surface area contributed by atoms with Crippen LogP contribution < -0.4 is 4.59 Å². The number of ketones is 1. The Morgan fingerprint density at radius 3 is 2.50 bits per heavy atom. The predicted molar refractivity (Wildman–Crippen MR) is 92.0 cm³/mol. The van der Waals surface area contributed by atoms with Crippen molar-refractivity contribution in [3.63, 3.8) is 0 Å². The molecule has 126 valence electrons. The van der Waals surface area contributed by atoms with Crippen LogP contribution in [0.2, 0.25) is 0 Å². The van der Waals surface area contributed by atoms with Crippen molar-refractivity contribution in [1.29, 1.82) is 5.26 Å². The standard InChI is InChI=1S/C19H11F2N4O/c1-11-10-23-19-18(26)17(13-4-2-12(9-22)3-5-13)24-25(11,19)16-7-6-14(20)8-15(16)21/h2-8,10H,1H3/q+1. The van der Waals surface area contributed by atoms with Crippen molar-refractivity contribution < 1.29 is 13.6 Å². The van der Waals surface area contributed by atoms with Gasteiger partial charge < -0.3 is 0 Å². The number of aliphatic imine (C=N–C) groups is 1. The highest BCUT2D eigenvalue weighted by atomic mass is 19.1. The van der Waals surface area contributed by atoms with Crippen molar-refractivity contribution >= 4 is 23.0 Å². The molecule has 0 fully saturated rings. The van der Waals surface area contributed by atoms with Crippen LogP contribution in [0, 0.1) is 23.0 Å². The molecule has 0 amide bonds. The first kappa shape index (κ1) is 16.0. The number of carbonyl (C=O) groups excluding carboxylic acids is 1. The molecular formula is C19H11F2N4O+. The van der Waals surface area contributed by atoms with E-state index >= 15 is 0 Å². The van der Waals surface area contributed by atoms with Gasteiger partial charge in [0.2, 0.25) is 5.69 Å². The summed E-state index contributed by atoms with van der Waals surface area (Å²) in [5.74, 6) is -1.94. The molecule has 0 radical (unpaired) electrons. The van der Waals surface area contributed by atoms with E-state index in [1.807, 2.05) is 6.07 Å². The summed E-state index contributed by atoms with van der Waals surface area (Å²) in [7, 11) is 0. The normalized spacial score (nSPS) is 21.0. The SMILES string of the molecule is CC1=CN=C2C(=O)C(c3ccc(C#N)cc3)=N[N+]12c1ccc(F)cc1F. The van der Waals surface area contributed by atoms with Gasteiger partial charge in [-0.25, -0.2) is 8.78 Å². The zero-order valence-corrected chi connectivity index (χ0v) is 13.6. The van der Waals surface area contributed by atoms with E-state index in [1.165, 1.54) is 12.3 Å². The maximum atomic E-state index is 14.5. The Morgan fingerprint density at radius 2 is 1.85 bits per heavy atom. The number of hydrogen-bond acceptors (Lipinski definition) is 4. The summed E-state index contributed by atoms with van der Waals surface area (Å²) >= 11 is 0. The molecule has 0 aliphatic carbocycles. The minimum Gasteiger partial charge on any atom is -0.278 e. The van der Waals surface area contributed by atoms with Crippen LogP contribution in [-0.4, -0.2) is 17.3 Å². The minimum atomic E-state index is -0.815. The summed E-state index contributed by atoms with van der Waals surface area (Å²) in [4.78, 5) is 17.0. The molecule has 2 aromatic carbocycles. The number of quaternary nitrogens is 1. The van der Waals surface area contributed by atoms with Crippen LogP contribution in [0.25, 0.3) is 0 Å². The lowest BCUT2D eigenvalue weighted by Gasteiger charge is -2.23. The summed E-state index contributed by atoms with van der Waals surface area (Å²) in [5, 5.41) is 13.4. The van der Waals surface area contributed by atoms with Crippen LogP contribution in [0.4, 0.5) is 14.5 Å². The molecule has 0 spiro atoms. The third-order valence-electron chi connectivity index (χ3n) is 4.40. The number of nitrogens with zero attached hydrogens (tertiary/aromatic N) is 4. The van der Waals surface area contributed by atoms with E-state index in [2.05, 4.69) is 10.1 Å². The maximum Gasteiger partial charge on any atom is 0.315 e. The lowest BCUT2D eigenvalue weighted by molar-refractivity contribution is -0.107. The molecule has 0 N–H and O–H groups in total. The van der Waals surface area contributed by atoms with Crippen molar-refractivity contribution in [2.24, 2.45) is 10.1 Å². The van der Waals surface area contributed by atoms with Gasteiger partial charge in [0.05, 0.1) is 17.8 Å². The van der Waals surface area contributed by atoms with Gasteiger partial charge in [-0.05, 0) is 18.2 Å². The van der Waals surface area contributed by atoms with Gasteiger partial charge in [-0.15, -0.1) is 0 Å². The smallest absolute Gasteiger partial charge is 0.278 e. The van der Waals surface area contributed by atoms with E-state index in [-0.39, 0.29) is 17.2 Å². The fourth-order valence-corrected chi connectivity index (χ4v) is 3.11. The molecule has 2 aliphatic heterocycles. The van der Waals surface area contributed by atoms with Gasteiger partial charge >= 0.3 is 5.84 Å². The lowest BCUT2D eigenvalue weighted by atomic mass is 10.0. The number of amidine groups is 1. The molecule has 1 atom stereocenters. The van der Waals surface area contributed by atoms with Crippen LogP contribution in [0.1, 0.15) is 18.1 Å². The average molecular weight is 349 g/mol. The van der Waals surface area contributed by atoms with Crippen molar-refractivity contribution in [3.8, 4) is 6.07 Å². The summed E-state index contributed by atoms with van der Waals surface area (Å²) < 4.78 is 27.3. The number of carbonyl (C=O) groups is 1. The van der Waals surface area contributed by atoms with E-state index in [0.717, 1.165) is 12.1 Å². The van der Waals surface area contributed by atoms with Crippen LogP contribution in [0.3, 0.4) is 0 Å². The molecule has 2 aromatic rings.